The molecule has 0 aliphatic carbocycles. The summed E-state index contributed by atoms with van der Waals surface area (Å²) in [6.45, 7) is 3.49. The van der Waals surface area contributed by atoms with Gasteiger partial charge >= 0.3 is 6.01 Å². The third kappa shape index (κ3) is 2.90. The van der Waals surface area contributed by atoms with E-state index in [1.807, 2.05) is 0 Å². The molecule has 0 saturated carbocycles. The van der Waals surface area contributed by atoms with Gasteiger partial charge in [-0.15, -0.1) is 0 Å². The fourth-order valence-corrected chi connectivity index (χ4v) is 1.74. The van der Waals surface area contributed by atoms with Crippen molar-refractivity contribution in [2.45, 2.75) is 13.8 Å². The molecule has 2 rings (SSSR count). The molecule has 1 N–H and O–H groups in total. The Balaban J connectivity index is 2.26. The molecule has 0 saturated heterocycles. The topological polar surface area (TPSA) is 64.1 Å². The van der Waals surface area contributed by atoms with Crippen molar-refractivity contribution in [1.29, 1.82) is 0 Å². The van der Waals surface area contributed by atoms with Crippen molar-refractivity contribution in [3.63, 3.8) is 0 Å². The minimum Gasteiger partial charge on any atom is -0.467 e. The quantitative estimate of drug-likeness (QED) is 0.934. The third-order valence-electron chi connectivity index (χ3n) is 2.78. The van der Waals surface area contributed by atoms with E-state index in [-0.39, 0.29) is 17.7 Å². The molecule has 0 spiro atoms. The van der Waals surface area contributed by atoms with Crippen LogP contribution in [0.15, 0.2) is 24.3 Å². The van der Waals surface area contributed by atoms with Gasteiger partial charge in [-0.05, 0) is 38.1 Å². The number of carbonyl (C=O) groups is 1. The standard InChI is InChI=1S/C14H14FN3O2/c1-8-12(9(2)17-14(16-8)20-3)18-13(19)10-4-6-11(15)7-5-10/h4-7H,1-3H3,(H,18,19). The number of benzene rings is 1. The van der Waals surface area contributed by atoms with Gasteiger partial charge in [-0.1, -0.05) is 0 Å². The molecule has 0 aliphatic rings. The molecular formula is C14H14FN3O2. The Labute approximate surface area is 115 Å². The Morgan fingerprint density at radius 2 is 1.70 bits per heavy atom. The number of nitrogens with one attached hydrogen (secondary N) is 1. The summed E-state index contributed by atoms with van der Waals surface area (Å²) in [4.78, 5) is 20.3. The smallest absolute Gasteiger partial charge is 0.316 e. The summed E-state index contributed by atoms with van der Waals surface area (Å²) in [7, 11) is 1.48. The van der Waals surface area contributed by atoms with Crippen LogP contribution in [0.1, 0.15) is 21.7 Å². The summed E-state index contributed by atoms with van der Waals surface area (Å²) >= 11 is 0. The molecule has 1 heterocycles. The van der Waals surface area contributed by atoms with Crippen molar-refractivity contribution in [3.05, 3.63) is 47.0 Å². The van der Waals surface area contributed by atoms with E-state index in [0.717, 1.165) is 0 Å². The van der Waals surface area contributed by atoms with Crippen molar-refractivity contribution in [2.75, 3.05) is 12.4 Å². The summed E-state index contributed by atoms with van der Waals surface area (Å²) in [5, 5.41) is 2.72. The highest BCUT2D eigenvalue weighted by atomic mass is 19.1. The SMILES string of the molecule is COc1nc(C)c(NC(=O)c2ccc(F)cc2)c(C)n1. The van der Waals surface area contributed by atoms with E-state index < -0.39 is 0 Å². The highest BCUT2D eigenvalue weighted by molar-refractivity contribution is 6.04. The molecule has 104 valence electrons. The molecule has 5 nitrogen and oxygen atoms in total. The van der Waals surface area contributed by atoms with Gasteiger partial charge in [0.1, 0.15) is 5.82 Å². The number of carbonyl (C=O) groups excluding carboxylic acids is 1. The highest BCUT2D eigenvalue weighted by Gasteiger charge is 2.13. The largest absolute Gasteiger partial charge is 0.467 e. The molecule has 0 aliphatic heterocycles. The van der Waals surface area contributed by atoms with Gasteiger partial charge in [-0.3, -0.25) is 4.79 Å². The number of halogens is 1. The molecule has 1 aromatic heterocycles. The molecule has 0 radical (unpaired) electrons. The first kappa shape index (κ1) is 13.9. The highest BCUT2D eigenvalue weighted by Crippen LogP contribution is 2.20. The van der Waals surface area contributed by atoms with Crippen molar-refractivity contribution in [2.24, 2.45) is 0 Å². The minimum absolute atomic E-state index is 0.250. The monoisotopic (exact) mass is 275 g/mol. The molecule has 0 bridgehead atoms. The maximum absolute atomic E-state index is 12.8. The lowest BCUT2D eigenvalue weighted by Gasteiger charge is -2.11. The summed E-state index contributed by atoms with van der Waals surface area (Å²) < 4.78 is 17.8. The zero-order valence-corrected chi connectivity index (χ0v) is 11.4. The zero-order valence-electron chi connectivity index (χ0n) is 11.4. The van der Waals surface area contributed by atoms with Crippen LogP contribution >= 0.6 is 0 Å². The number of anilines is 1. The summed E-state index contributed by atoms with van der Waals surface area (Å²) in [5.74, 6) is -0.730. The molecule has 0 unspecified atom stereocenters. The van der Waals surface area contributed by atoms with Crippen molar-refractivity contribution < 1.29 is 13.9 Å². The molecule has 6 heteroatoms. The summed E-state index contributed by atoms with van der Waals surface area (Å²) in [5.41, 5.74) is 2.09. The predicted octanol–water partition coefficient (Wildman–Crippen LogP) is 2.49. The fraction of sp³-hybridized carbons (Fsp3) is 0.214. The second-order valence-corrected chi connectivity index (χ2v) is 4.22. The number of rotatable bonds is 3. The average Bonchev–Trinajstić information content (AvgIpc) is 2.43. The van der Waals surface area contributed by atoms with Crippen LogP contribution in [0, 0.1) is 19.7 Å². The normalized spacial score (nSPS) is 10.2. The number of hydrogen-bond donors (Lipinski definition) is 1. The Hall–Kier alpha value is -2.50. The third-order valence-corrected chi connectivity index (χ3v) is 2.78. The number of nitrogens with zero attached hydrogens (tertiary/aromatic N) is 2. The van der Waals surface area contributed by atoms with Gasteiger partial charge in [0.25, 0.3) is 5.91 Å². The van der Waals surface area contributed by atoms with Gasteiger partial charge in [-0.25, -0.2) is 4.39 Å². The molecule has 1 amide bonds. The van der Waals surface area contributed by atoms with Crippen LogP contribution in [0.4, 0.5) is 10.1 Å². The van der Waals surface area contributed by atoms with Gasteiger partial charge in [0.05, 0.1) is 24.2 Å². The van der Waals surface area contributed by atoms with Crippen LogP contribution in [-0.4, -0.2) is 23.0 Å². The second kappa shape index (κ2) is 5.64. The Morgan fingerprint density at radius 3 is 2.20 bits per heavy atom. The van der Waals surface area contributed by atoms with Gasteiger partial charge in [0, 0.05) is 5.56 Å². The van der Waals surface area contributed by atoms with Gasteiger partial charge in [-0.2, -0.15) is 9.97 Å². The lowest BCUT2D eigenvalue weighted by atomic mass is 10.2. The maximum Gasteiger partial charge on any atom is 0.316 e. The summed E-state index contributed by atoms with van der Waals surface area (Å²) in [6, 6.07) is 5.55. The molecule has 2 aromatic rings. The number of aromatic nitrogens is 2. The minimum atomic E-state index is -0.387. The van der Waals surface area contributed by atoms with Crippen molar-refractivity contribution in [3.8, 4) is 6.01 Å². The van der Waals surface area contributed by atoms with Crippen LogP contribution in [0.5, 0.6) is 6.01 Å². The van der Waals surface area contributed by atoms with Crippen LogP contribution in [0.2, 0.25) is 0 Å². The van der Waals surface area contributed by atoms with E-state index >= 15 is 0 Å². The van der Waals surface area contributed by atoms with Gasteiger partial charge in [0.15, 0.2) is 0 Å². The van der Waals surface area contributed by atoms with Crippen LogP contribution in [0.3, 0.4) is 0 Å². The number of ether oxygens (including phenoxy) is 1. The zero-order chi connectivity index (χ0) is 14.7. The van der Waals surface area contributed by atoms with E-state index in [0.29, 0.717) is 22.6 Å². The average molecular weight is 275 g/mol. The number of amides is 1. The number of aryl methyl sites for hydroxylation is 2. The second-order valence-electron chi connectivity index (χ2n) is 4.22. The molecule has 20 heavy (non-hydrogen) atoms. The Morgan fingerprint density at radius 1 is 1.15 bits per heavy atom. The van der Waals surface area contributed by atoms with Gasteiger partial charge < -0.3 is 10.1 Å². The number of methoxy groups -OCH3 is 1. The van der Waals surface area contributed by atoms with E-state index in [1.54, 1.807) is 13.8 Å². The van der Waals surface area contributed by atoms with Crippen LogP contribution in [-0.2, 0) is 0 Å². The maximum atomic E-state index is 12.8. The molecule has 0 atom stereocenters. The van der Waals surface area contributed by atoms with Crippen LogP contribution in [0.25, 0.3) is 0 Å². The Bertz CT molecular complexity index is 618. The first-order valence-electron chi connectivity index (χ1n) is 5.97. The lowest BCUT2D eigenvalue weighted by Crippen LogP contribution is -2.15. The van der Waals surface area contributed by atoms with Crippen molar-refractivity contribution in [1.82, 2.24) is 9.97 Å². The predicted molar refractivity (Wildman–Crippen MR) is 72.4 cm³/mol. The van der Waals surface area contributed by atoms with E-state index in [2.05, 4.69) is 15.3 Å². The molecular weight excluding hydrogens is 261 g/mol. The van der Waals surface area contributed by atoms with Gasteiger partial charge in [0.2, 0.25) is 0 Å². The number of hydrogen-bond acceptors (Lipinski definition) is 4. The van der Waals surface area contributed by atoms with Crippen LogP contribution < -0.4 is 10.1 Å². The first-order valence-corrected chi connectivity index (χ1v) is 5.97. The molecule has 1 aromatic carbocycles. The Kier molecular flexibility index (Phi) is 3.93. The summed E-state index contributed by atoms with van der Waals surface area (Å²) in [6.07, 6.45) is 0. The lowest BCUT2D eigenvalue weighted by molar-refractivity contribution is 0.102. The molecule has 0 fully saturated rings. The van der Waals surface area contributed by atoms with E-state index in [4.69, 9.17) is 4.74 Å². The van der Waals surface area contributed by atoms with Crippen molar-refractivity contribution >= 4 is 11.6 Å². The first-order chi connectivity index (χ1) is 9.51. The van der Waals surface area contributed by atoms with E-state index in [9.17, 15) is 9.18 Å². The van der Waals surface area contributed by atoms with E-state index in [1.165, 1.54) is 31.4 Å². The fourth-order valence-electron chi connectivity index (χ4n) is 1.74.